The topological polar surface area (TPSA) is 59.8 Å². The van der Waals surface area contributed by atoms with Crippen LogP contribution in [0.1, 0.15) is 17.4 Å². The van der Waals surface area contributed by atoms with E-state index in [-0.39, 0.29) is 17.3 Å². The van der Waals surface area contributed by atoms with Crippen molar-refractivity contribution in [3.05, 3.63) is 70.2 Å². The van der Waals surface area contributed by atoms with Gasteiger partial charge in [-0.05, 0) is 38.5 Å². The molecule has 0 bridgehead atoms. The van der Waals surface area contributed by atoms with Gasteiger partial charge in [-0.3, -0.25) is 4.79 Å². The van der Waals surface area contributed by atoms with Crippen LogP contribution in [0.15, 0.2) is 59.1 Å². The molecule has 2 aromatic carbocycles. The van der Waals surface area contributed by atoms with Crippen LogP contribution in [0.4, 0.5) is 10.1 Å². The number of benzene rings is 2. The number of hydrogen-bond donors (Lipinski definition) is 1. The van der Waals surface area contributed by atoms with Crippen molar-refractivity contribution in [1.82, 2.24) is 14.8 Å². The lowest BCUT2D eigenvalue weighted by Crippen LogP contribution is -2.15. The number of nitrogens with one attached hydrogen (secondary N) is 1. The Morgan fingerprint density at radius 2 is 1.88 bits per heavy atom. The summed E-state index contributed by atoms with van der Waals surface area (Å²) in [5, 5.41) is 14.2. The number of carbonyl (C=O) groups is 1. The Morgan fingerprint density at radius 3 is 2.59 bits per heavy atom. The van der Waals surface area contributed by atoms with Gasteiger partial charge in [0.1, 0.15) is 5.82 Å². The number of carbonyl (C=O) groups excluding carboxylic acids is 1. The molecule has 0 spiro atoms. The second-order valence-corrected chi connectivity index (χ2v) is 9.34. The smallest absolute Gasteiger partial charge is 0.234 e. The molecule has 4 rings (SSSR count). The Balaban J connectivity index is 1.56. The van der Waals surface area contributed by atoms with Crippen molar-refractivity contribution in [3.63, 3.8) is 0 Å². The minimum atomic E-state index is -0.457. The van der Waals surface area contributed by atoms with Gasteiger partial charge < -0.3 is 9.88 Å². The minimum Gasteiger partial charge on any atom is -0.323 e. The second-order valence-electron chi connectivity index (χ2n) is 7.31. The molecule has 0 fully saturated rings. The van der Waals surface area contributed by atoms with Crippen molar-refractivity contribution in [1.29, 1.82) is 0 Å². The molecule has 1 amide bonds. The molecule has 0 saturated carbocycles. The number of thiophene rings is 1. The lowest BCUT2D eigenvalue weighted by Gasteiger charge is -2.10. The first-order valence-corrected chi connectivity index (χ1v) is 12.1. The summed E-state index contributed by atoms with van der Waals surface area (Å²) < 4.78 is 15.8. The van der Waals surface area contributed by atoms with Gasteiger partial charge >= 0.3 is 0 Å². The number of amides is 1. The zero-order valence-corrected chi connectivity index (χ0v) is 19.7. The van der Waals surface area contributed by atoms with Gasteiger partial charge in [-0.25, -0.2) is 4.39 Å². The first-order valence-electron chi connectivity index (χ1n) is 10.2. The highest BCUT2D eigenvalue weighted by Crippen LogP contribution is 2.39. The molecule has 0 unspecified atom stereocenters. The maximum absolute atomic E-state index is 13.8. The van der Waals surface area contributed by atoms with E-state index in [0.717, 1.165) is 22.5 Å². The molecular formula is C24H23FN4OS2. The van der Waals surface area contributed by atoms with Crippen LogP contribution < -0.4 is 5.32 Å². The van der Waals surface area contributed by atoms with Crippen LogP contribution in [0.25, 0.3) is 22.5 Å². The third kappa shape index (κ3) is 4.61. The maximum atomic E-state index is 13.8. The number of aromatic nitrogens is 3. The zero-order chi connectivity index (χ0) is 22.7. The predicted molar refractivity (Wildman–Crippen MR) is 130 cm³/mol. The van der Waals surface area contributed by atoms with Crippen LogP contribution >= 0.6 is 23.1 Å². The second kappa shape index (κ2) is 9.67. The van der Waals surface area contributed by atoms with E-state index in [0.29, 0.717) is 11.7 Å². The maximum Gasteiger partial charge on any atom is 0.234 e. The fourth-order valence-electron chi connectivity index (χ4n) is 3.46. The molecule has 32 heavy (non-hydrogen) atoms. The highest BCUT2D eigenvalue weighted by molar-refractivity contribution is 7.99. The first kappa shape index (κ1) is 22.2. The number of hydrogen-bond acceptors (Lipinski definition) is 5. The van der Waals surface area contributed by atoms with E-state index in [1.807, 2.05) is 11.5 Å². The molecule has 164 valence electrons. The predicted octanol–water partition coefficient (Wildman–Crippen LogP) is 6.18. The van der Waals surface area contributed by atoms with E-state index in [9.17, 15) is 9.18 Å². The van der Waals surface area contributed by atoms with Crippen molar-refractivity contribution in [2.45, 2.75) is 32.5 Å². The average molecular weight is 467 g/mol. The van der Waals surface area contributed by atoms with Crippen molar-refractivity contribution in [2.75, 3.05) is 11.1 Å². The van der Waals surface area contributed by atoms with E-state index < -0.39 is 5.82 Å². The molecule has 5 nitrogen and oxygen atoms in total. The number of para-hydroxylation sites is 1. The lowest BCUT2D eigenvalue weighted by atomic mass is 10.0. The van der Waals surface area contributed by atoms with Crippen LogP contribution in [0.5, 0.6) is 0 Å². The number of anilines is 1. The number of thioether (sulfide) groups is 1. The van der Waals surface area contributed by atoms with Gasteiger partial charge in [0, 0.05) is 27.9 Å². The van der Waals surface area contributed by atoms with Gasteiger partial charge in [-0.15, -0.1) is 21.5 Å². The molecule has 8 heteroatoms. The van der Waals surface area contributed by atoms with Crippen molar-refractivity contribution in [3.8, 4) is 22.5 Å². The van der Waals surface area contributed by atoms with Gasteiger partial charge in [-0.1, -0.05) is 53.7 Å². The van der Waals surface area contributed by atoms with E-state index >= 15 is 0 Å². The molecular weight excluding hydrogens is 443 g/mol. The summed E-state index contributed by atoms with van der Waals surface area (Å²) in [5.74, 6) is 0.143. The number of rotatable bonds is 7. The van der Waals surface area contributed by atoms with Gasteiger partial charge in [0.2, 0.25) is 5.91 Å². The number of aryl methyl sites for hydroxylation is 2. The van der Waals surface area contributed by atoms with Crippen LogP contribution in [0.2, 0.25) is 0 Å². The van der Waals surface area contributed by atoms with Gasteiger partial charge in [-0.2, -0.15) is 0 Å². The quantitative estimate of drug-likeness (QED) is 0.330. The highest BCUT2D eigenvalue weighted by Gasteiger charge is 2.20. The summed E-state index contributed by atoms with van der Waals surface area (Å²) in [7, 11) is 0. The summed E-state index contributed by atoms with van der Waals surface area (Å²) in [6.45, 7) is 6.88. The molecule has 1 N–H and O–H groups in total. The van der Waals surface area contributed by atoms with E-state index in [2.05, 4.69) is 59.0 Å². The van der Waals surface area contributed by atoms with Gasteiger partial charge in [0.25, 0.3) is 0 Å². The SMILES string of the molecule is CCn1c(SCC(=O)Nc2ccccc2F)nnc1-c1csc(C)c1-c1ccc(C)cc1. The molecule has 2 heterocycles. The molecule has 0 aliphatic carbocycles. The van der Waals surface area contributed by atoms with E-state index in [1.54, 1.807) is 23.5 Å². The van der Waals surface area contributed by atoms with E-state index in [1.165, 1.54) is 34.3 Å². The van der Waals surface area contributed by atoms with Crippen LogP contribution in [0.3, 0.4) is 0 Å². The third-order valence-corrected chi connectivity index (χ3v) is 6.95. The highest BCUT2D eigenvalue weighted by atomic mass is 32.2. The fraction of sp³-hybridized carbons (Fsp3) is 0.208. The summed E-state index contributed by atoms with van der Waals surface area (Å²) in [6, 6.07) is 14.6. The Bertz CT molecular complexity index is 1250. The normalized spacial score (nSPS) is 11.0. The largest absolute Gasteiger partial charge is 0.323 e. The summed E-state index contributed by atoms with van der Waals surface area (Å²) in [4.78, 5) is 13.5. The Hall–Kier alpha value is -2.97. The Labute approximate surface area is 194 Å². The molecule has 0 radical (unpaired) electrons. The minimum absolute atomic E-state index is 0.111. The third-order valence-electron chi connectivity index (χ3n) is 5.07. The molecule has 2 aromatic heterocycles. The summed E-state index contributed by atoms with van der Waals surface area (Å²) in [5.41, 5.74) is 4.73. The summed E-state index contributed by atoms with van der Waals surface area (Å²) in [6.07, 6.45) is 0. The van der Waals surface area contributed by atoms with Crippen LogP contribution in [-0.4, -0.2) is 26.4 Å². The molecule has 0 saturated heterocycles. The monoisotopic (exact) mass is 466 g/mol. The number of halogens is 1. The number of nitrogens with zero attached hydrogens (tertiary/aromatic N) is 3. The van der Waals surface area contributed by atoms with Crippen molar-refractivity contribution < 1.29 is 9.18 Å². The molecule has 0 atom stereocenters. The Kier molecular flexibility index (Phi) is 6.72. The van der Waals surface area contributed by atoms with Crippen molar-refractivity contribution in [2.24, 2.45) is 0 Å². The van der Waals surface area contributed by atoms with Crippen molar-refractivity contribution >= 4 is 34.7 Å². The molecule has 4 aromatic rings. The van der Waals surface area contributed by atoms with Crippen LogP contribution in [0, 0.1) is 19.7 Å². The zero-order valence-electron chi connectivity index (χ0n) is 18.1. The average Bonchev–Trinajstić information content (AvgIpc) is 3.37. The van der Waals surface area contributed by atoms with E-state index in [4.69, 9.17) is 0 Å². The Morgan fingerprint density at radius 1 is 1.12 bits per heavy atom. The first-order chi connectivity index (χ1) is 15.5. The molecule has 0 aliphatic rings. The lowest BCUT2D eigenvalue weighted by molar-refractivity contribution is -0.113. The van der Waals surface area contributed by atoms with Gasteiger partial charge in [0.05, 0.1) is 11.4 Å². The van der Waals surface area contributed by atoms with Gasteiger partial charge in [0.15, 0.2) is 11.0 Å². The summed E-state index contributed by atoms with van der Waals surface area (Å²) >= 11 is 2.98. The standard InChI is InChI=1S/C24H23FN4OS2/c1-4-29-23(18-13-31-16(3)22(18)17-11-9-15(2)10-12-17)27-28-24(29)32-14-21(30)26-20-8-6-5-7-19(20)25/h5-13H,4,14H2,1-3H3,(H,26,30). The van der Waals surface area contributed by atoms with Crippen LogP contribution in [-0.2, 0) is 11.3 Å². The molecule has 0 aliphatic heterocycles. The fourth-order valence-corrected chi connectivity index (χ4v) is 5.12.